The molecule has 0 atom stereocenters. The molecule has 0 saturated heterocycles. The quantitative estimate of drug-likeness (QED) is 0.720. The van der Waals surface area contributed by atoms with Gasteiger partial charge in [-0.05, 0) is 18.2 Å². The molecule has 3 aromatic rings. The van der Waals surface area contributed by atoms with Crippen molar-refractivity contribution in [2.75, 3.05) is 5.32 Å². The second-order valence-corrected chi connectivity index (χ2v) is 6.20. The number of hydrogen-bond acceptors (Lipinski definition) is 5. The van der Waals surface area contributed by atoms with E-state index in [4.69, 9.17) is 16.3 Å². The predicted octanol–water partition coefficient (Wildman–Crippen LogP) is 5.14. The lowest BCUT2D eigenvalue weighted by Crippen LogP contribution is -2.16. The standard InChI is InChI=1S/C14H9ClN2O2S2/c15-9-6-12(20-7-9)11-8-21-13(16-11)17-14(18)19-10-4-2-1-3-5-10/h1-8H,(H,16,17,18). The van der Waals surface area contributed by atoms with Crippen molar-refractivity contribution in [3.63, 3.8) is 0 Å². The van der Waals surface area contributed by atoms with Crippen molar-refractivity contribution in [1.29, 1.82) is 0 Å². The first-order chi connectivity index (χ1) is 10.2. The number of aromatic nitrogens is 1. The van der Waals surface area contributed by atoms with Gasteiger partial charge in [0.1, 0.15) is 5.75 Å². The summed E-state index contributed by atoms with van der Waals surface area (Å²) in [5.41, 5.74) is 0.784. The summed E-state index contributed by atoms with van der Waals surface area (Å²) < 4.78 is 5.14. The van der Waals surface area contributed by atoms with Crippen LogP contribution in [0.25, 0.3) is 10.6 Å². The zero-order valence-electron chi connectivity index (χ0n) is 10.6. The van der Waals surface area contributed by atoms with Gasteiger partial charge >= 0.3 is 6.09 Å². The number of ether oxygens (including phenoxy) is 1. The summed E-state index contributed by atoms with van der Waals surface area (Å²) in [5, 5.41) is 7.47. The zero-order valence-corrected chi connectivity index (χ0v) is 13.0. The summed E-state index contributed by atoms with van der Waals surface area (Å²) in [6.45, 7) is 0. The van der Waals surface area contributed by atoms with E-state index in [2.05, 4.69) is 10.3 Å². The molecule has 106 valence electrons. The average molecular weight is 337 g/mol. The molecule has 0 aliphatic heterocycles. The van der Waals surface area contributed by atoms with E-state index >= 15 is 0 Å². The van der Waals surface area contributed by atoms with E-state index in [-0.39, 0.29) is 0 Å². The molecule has 0 spiro atoms. The highest BCUT2D eigenvalue weighted by atomic mass is 35.5. The summed E-state index contributed by atoms with van der Waals surface area (Å²) in [6.07, 6.45) is -0.564. The molecule has 0 fully saturated rings. The summed E-state index contributed by atoms with van der Waals surface area (Å²) in [5.74, 6) is 0.483. The third-order valence-electron chi connectivity index (χ3n) is 2.49. The highest BCUT2D eigenvalue weighted by Crippen LogP contribution is 2.31. The summed E-state index contributed by atoms with van der Waals surface area (Å²) in [7, 11) is 0. The SMILES string of the molecule is O=C(Nc1nc(-c2cc(Cl)cs2)cs1)Oc1ccccc1. The Kier molecular flexibility index (Phi) is 4.19. The lowest BCUT2D eigenvalue weighted by molar-refractivity contribution is 0.215. The number of nitrogens with one attached hydrogen (secondary N) is 1. The number of halogens is 1. The van der Waals surface area contributed by atoms with Gasteiger partial charge in [0.05, 0.1) is 15.6 Å². The molecular weight excluding hydrogens is 328 g/mol. The molecule has 2 heterocycles. The minimum absolute atomic E-state index is 0.482. The molecular formula is C14H9ClN2O2S2. The first-order valence-electron chi connectivity index (χ1n) is 5.94. The van der Waals surface area contributed by atoms with Crippen LogP contribution in [-0.4, -0.2) is 11.1 Å². The van der Waals surface area contributed by atoms with E-state index in [9.17, 15) is 4.79 Å². The number of amides is 1. The number of nitrogens with zero attached hydrogens (tertiary/aromatic N) is 1. The fourth-order valence-electron chi connectivity index (χ4n) is 1.60. The Morgan fingerprint density at radius 2 is 2.00 bits per heavy atom. The van der Waals surface area contributed by atoms with Crippen LogP contribution in [0.3, 0.4) is 0 Å². The predicted molar refractivity (Wildman–Crippen MR) is 86.5 cm³/mol. The molecule has 3 rings (SSSR count). The van der Waals surface area contributed by atoms with Gasteiger partial charge in [0.25, 0.3) is 0 Å². The molecule has 0 saturated carbocycles. The monoisotopic (exact) mass is 336 g/mol. The van der Waals surface area contributed by atoms with Crippen LogP contribution in [0.1, 0.15) is 0 Å². The summed E-state index contributed by atoms with van der Waals surface area (Å²) in [4.78, 5) is 17.0. The van der Waals surface area contributed by atoms with Gasteiger partial charge in [0.2, 0.25) is 0 Å². The summed E-state index contributed by atoms with van der Waals surface area (Å²) >= 11 is 8.73. The fourth-order valence-corrected chi connectivity index (χ4v) is 3.41. The molecule has 1 aromatic carbocycles. The molecule has 21 heavy (non-hydrogen) atoms. The number of hydrogen-bond donors (Lipinski definition) is 1. The molecule has 0 radical (unpaired) electrons. The van der Waals surface area contributed by atoms with Crippen molar-refractivity contribution in [3.8, 4) is 16.3 Å². The van der Waals surface area contributed by atoms with Gasteiger partial charge in [-0.1, -0.05) is 29.8 Å². The number of thiophene rings is 1. The van der Waals surface area contributed by atoms with Gasteiger partial charge in [-0.3, -0.25) is 5.32 Å². The lowest BCUT2D eigenvalue weighted by atomic mass is 10.3. The minimum Gasteiger partial charge on any atom is -0.410 e. The van der Waals surface area contributed by atoms with E-state index in [1.165, 1.54) is 22.7 Å². The Morgan fingerprint density at radius 3 is 2.71 bits per heavy atom. The first kappa shape index (κ1) is 14.1. The number of rotatable bonds is 3. The average Bonchev–Trinajstić information content (AvgIpc) is 3.09. The maximum atomic E-state index is 11.7. The van der Waals surface area contributed by atoms with Crippen LogP contribution in [0.4, 0.5) is 9.93 Å². The number of anilines is 1. The molecule has 0 bridgehead atoms. The molecule has 0 aliphatic carbocycles. The second-order valence-electron chi connectivity index (χ2n) is 3.99. The fraction of sp³-hybridized carbons (Fsp3) is 0. The third-order valence-corrected chi connectivity index (χ3v) is 4.54. The normalized spacial score (nSPS) is 10.3. The van der Waals surface area contributed by atoms with Crippen molar-refractivity contribution >= 4 is 45.5 Å². The van der Waals surface area contributed by atoms with Crippen LogP contribution in [0.5, 0.6) is 5.75 Å². The Bertz CT molecular complexity index is 755. The van der Waals surface area contributed by atoms with Crippen molar-refractivity contribution in [1.82, 2.24) is 4.98 Å². The lowest BCUT2D eigenvalue weighted by Gasteiger charge is -2.03. The Labute approximate surface area is 134 Å². The van der Waals surface area contributed by atoms with Crippen LogP contribution >= 0.6 is 34.3 Å². The third kappa shape index (κ3) is 3.60. The number of carbonyl (C=O) groups is 1. The van der Waals surface area contributed by atoms with Gasteiger partial charge in [-0.2, -0.15) is 0 Å². The van der Waals surface area contributed by atoms with Crippen LogP contribution in [0.15, 0.2) is 47.2 Å². The maximum absolute atomic E-state index is 11.7. The maximum Gasteiger partial charge on any atom is 0.418 e. The number of para-hydroxylation sites is 1. The Balaban J connectivity index is 1.66. The van der Waals surface area contributed by atoms with E-state index in [1.807, 2.05) is 22.9 Å². The minimum atomic E-state index is -0.564. The largest absolute Gasteiger partial charge is 0.418 e. The van der Waals surface area contributed by atoms with Crippen molar-refractivity contribution in [2.24, 2.45) is 0 Å². The van der Waals surface area contributed by atoms with E-state index in [1.54, 1.807) is 24.3 Å². The number of thiazole rings is 1. The van der Waals surface area contributed by atoms with Crippen LogP contribution < -0.4 is 10.1 Å². The number of carbonyl (C=O) groups excluding carboxylic acids is 1. The van der Waals surface area contributed by atoms with Gasteiger partial charge in [-0.25, -0.2) is 9.78 Å². The topological polar surface area (TPSA) is 51.2 Å². The van der Waals surface area contributed by atoms with Crippen molar-refractivity contribution in [3.05, 3.63) is 52.2 Å². The smallest absolute Gasteiger partial charge is 0.410 e. The van der Waals surface area contributed by atoms with Gasteiger partial charge in [0, 0.05) is 10.8 Å². The van der Waals surface area contributed by atoms with Crippen molar-refractivity contribution < 1.29 is 9.53 Å². The highest BCUT2D eigenvalue weighted by molar-refractivity contribution is 7.16. The van der Waals surface area contributed by atoms with Gasteiger partial charge in [0.15, 0.2) is 5.13 Å². The van der Waals surface area contributed by atoms with Gasteiger partial charge in [-0.15, -0.1) is 22.7 Å². The Hall–Kier alpha value is -1.89. The number of benzene rings is 1. The summed E-state index contributed by atoms with van der Waals surface area (Å²) in [6, 6.07) is 10.7. The van der Waals surface area contributed by atoms with Crippen LogP contribution in [0.2, 0.25) is 5.02 Å². The molecule has 2 aromatic heterocycles. The van der Waals surface area contributed by atoms with Crippen LogP contribution in [0, 0.1) is 0 Å². The van der Waals surface area contributed by atoms with E-state index in [0.717, 1.165) is 10.6 Å². The van der Waals surface area contributed by atoms with E-state index in [0.29, 0.717) is 15.9 Å². The molecule has 0 aliphatic rings. The molecule has 0 unspecified atom stereocenters. The molecule has 1 N–H and O–H groups in total. The van der Waals surface area contributed by atoms with E-state index < -0.39 is 6.09 Å². The zero-order chi connectivity index (χ0) is 14.7. The second kappa shape index (κ2) is 6.26. The highest BCUT2D eigenvalue weighted by Gasteiger charge is 2.10. The molecule has 7 heteroatoms. The van der Waals surface area contributed by atoms with Gasteiger partial charge < -0.3 is 4.74 Å². The van der Waals surface area contributed by atoms with Crippen molar-refractivity contribution in [2.45, 2.75) is 0 Å². The first-order valence-corrected chi connectivity index (χ1v) is 8.08. The van der Waals surface area contributed by atoms with Crippen LogP contribution in [-0.2, 0) is 0 Å². The molecule has 4 nitrogen and oxygen atoms in total. The Morgan fingerprint density at radius 1 is 1.19 bits per heavy atom. The molecule has 1 amide bonds.